The molecular weight excluding hydrogens is 316 g/mol. The van der Waals surface area contributed by atoms with E-state index in [0.29, 0.717) is 0 Å². The van der Waals surface area contributed by atoms with Gasteiger partial charge in [0.1, 0.15) is 0 Å². The van der Waals surface area contributed by atoms with Crippen molar-refractivity contribution >= 4 is 8.88 Å². The molecule has 1 fully saturated rings. The van der Waals surface area contributed by atoms with Crippen molar-refractivity contribution in [3.05, 3.63) is 71.8 Å². The van der Waals surface area contributed by atoms with E-state index >= 15 is 0 Å². The Bertz CT molecular complexity index is 568. The van der Waals surface area contributed by atoms with Gasteiger partial charge in [0.05, 0.1) is 0 Å². The van der Waals surface area contributed by atoms with E-state index in [1.807, 2.05) is 0 Å². The summed E-state index contributed by atoms with van der Waals surface area (Å²) in [4.78, 5) is 0. The Kier molecular flexibility index (Phi) is 5.81. The van der Waals surface area contributed by atoms with Crippen LogP contribution in [0.25, 0.3) is 0 Å². The van der Waals surface area contributed by atoms with Gasteiger partial charge in [-0.1, -0.05) is 60.7 Å². The average molecular weight is 343 g/mol. The molecule has 0 saturated carbocycles. The number of benzene rings is 2. The van der Waals surface area contributed by atoms with E-state index in [1.165, 1.54) is 11.1 Å². The molecule has 0 aromatic heterocycles. The first-order valence-corrected chi connectivity index (χ1v) is 10.2. The molecule has 0 amide bonds. The fourth-order valence-corrected chi connectivity index (χ4v) is 6.75. The summed E-state index contributed by atoms with van der Waals surface area (Å²) in [5, 5.41) is 0. The minimum absolute atomic E-state index is 0.861. The zero-order chi connectivity index (χ0) is 16.8. The Morgan fingerprint density at radius 1 is 0.750 bits per heavy atom. The lowest BCUT2D eigenvalue weighted by Gasteiger charge is -2.48. The summed E-state index contributed by atoms with van der Waals surface area (Å²) in [6, 6.07) is 21.1. The summed E-state index contributed by atoms with van der Waals surface area (Å²) < 4.78 is 17.0. The second-order valence-electron chi connectivity index (χ2n) is 6.12. The van der Waals surface area contributed by atoms with Crippen molar-refractivity contribution in [2.24, 2.45) is 0 Å². The quantitative estimate of drug-likeness (QED) is 0.753. The molecule has 3 rings (SSSR count). The molecule has 128 valence electrons. The van der Waals surface area contributed by atoms with Gasteiger partial charge in [0.15, 0.2) is 0 Å². The Hall–Kier alpha value is -1.50. The SMILES string of the molecule is CO[Si]1(OC)N(Cc2ccccc2)CCCN1Cc1ccccc1. The van der Waals surface area contributed by atoms with E-state index in [-0.39, 0.29) is 0 Å². The molecule has 0 spiro atoms. The van der Waals surface area contributed by atoms with Gasteiger partial charge in [0.25, 0.3) is 0 Å². The molecule has 0 N–H and O–H groups in total. The van der Waals surface area contributed by atoms with Gasteiger partial charge in [-0.15, -0.1) is 0 Å². The summed E-state index contributed by atoms with van der Waals surface area (Å²) in [7, 11) is 0.989. The molecule has 4 nitrogen and oxygen atoms in total. The van der Waals surface area contributed by atoms with E-state index in [4.69, 9.17) is 8.85 Å². The molecule has 0 radical (unpaired) electrons. The van der Waals surface area contributed by atoms with Crippen molar-refractivity contribution in [3.63, 3.8) is 0 Å². The lowest BCUT2D eigenvalue weighted by atomic mass is 10.2. The van der Waals surface area contributed by atoms with Crippen LogP contribution in [0.3, 0.4) is 0 Å². The van der Waals surface area contributed by atoms with Crippen molar-refractivity contribution in [2.75, 3.05) is 27.3 Å². The van der Waals surface area contributed by atoms with E-state index in [2.05, 4.69) is 69.8 Å². The predicted molar refractivity (Wildman–Crippen MR) is 98.1 cm³/mol. The molecule has 0 aliphatic carbocycles. The van der Waals surface area contributed by atoms with Crippen LogP contribution in [0.1, 0.15) is 17.5 Å². The summed E-state index contributed by atoms with van der Waals surface area (Å²) in [6.07, 6.45) is 1.13. The molecule has 2 aromatic carbocycles. The highest BCUT2D eigenvalue weighted by Gasteiger charge is 2.52. The number of hydrogen-bond acceptors (Lipinski definition) is 4. The van der Waals surface area contributed by atoms with Crippen molar-refractivity contribution in [3.8, 4) is 0 Å². The number of hydrogen-bond donors (Lipinski definition) is 0. The van der Waals surface area contributed by atoms with Crippen LogP contribution < -0.4 is 0 Å². The maximum atomic E-state index is 6.07. The Labute approximate surface area is 146 Å². The van der Waals surface area contributed by atoms with E-state index in [1.54, 1.807) is 14.2 Å². The van der Waals surface area contributed by atoms with E-state index in [0.717, 1.165) is 32.6 Å². The fraction of sp³-hybridized carbons (Fsp3) is 0.368. The summed E-state index contributed by atoms with van der Waals surface area (Å²) in [6.45, 7) is 3.74. The maximum absolute atomic E-state index is 6.07. The molecule has 5 heteroatoms. The van der Waals surface area contributed by atoms with Gasteiger partial charge in [-0.25, -0.2) is 0 Å². The van der Waals surface area contributed by atoms with Gasteiger partial charge >= 0.3 is 8.88 Å². The summed E-state index contributed by atoms with van der Waals surface area (Å²) in [5.41, 5.74) is 2.59. The first-order chi connectivity index (χ1) is 11.8. The first kappa shape index (κ1) is 17.3. The smallest absolute Gasteiger partial charge is 0.374 e. The zero-order valence-electron chi connectivity index (χ0n) is 14.5. The van der Waals surface area contributed by atoms with Crippen LogP contribution in [0.2, 0.25) is 0 Å². The van der Waals surface area contributed by atoms with E-state index < -0.39 is 8.88 Å². The number of nitrogens with zero attached hydrogens (tertiary/aromatic N) is 2. The van der Waals surface area contributed by atoms with Gasteiger partial charge in [-0.3, -0.25) is 9.13 Å². The minimum Gasteiger partial charge on any atom is -0.374 e. The van der Waals surface area contributed by atoms with Gasteiger partial charge in [-0.05, 0) is 30.6 Å². The lowest BCUT2D eigenvalue weighted by Crippen LogP contribution is -2.71. The maximum Gasteiger partial charge on any atom is 0.522 e. The first-order valence-electron chi connectivity index (χ1n) is 8.47. The van der Waals surface area contributed by atoms with Crippen LogP contribution in [-0.2, 0) is 21.9 Å². The van der Waals surface area contributed by atoms with Crippen LogP contribution in [-0.4, -0.2) is 45.3 Å². The normalized spacial score (nSPS) is 18.6. The fourth-order valence-electron chi connectivity index (χ4n) is 3.50. The minimum atomic E-state index is -2.59. The molecule has 24 heavy (non-hydrogen) atoms. The topological polar surface area (TPSA) is 24.9 Å². The predicted octanol–water partition coefficient (Wildman–Crippen LogP) is 3.12. The monoisotopic (exact) mass is 342 g/mol. The molecular formula is C19H26N2O2Si. The van der Waals surface area contributed by atoms with Gasteiger partial charge < -0.3 is 8.85 Å². The molecule has 1 saturated heterocycles. The van der Waals surface area contributed by atoms with Gasteiger partial charge in [-0.2, -0.15) is 0 Å². The Morgan fingerprint density at radius 2 is 1.17 bits per heavy atom. The van der Waals surface area contributed by atoms with Crippen LogP contribution in [0.4, 0.5) is 0 Å². The van der Waals surface area contributed by atoms with E-state index in [9.17, 15) is 0 Å². The molecule has 1 aliphatic rings. The Morgan fingerprint density at radius 3 is 1.54 bits per heavy atom. The molecule has 0 bridgehead atoms. The number of rotatable bonds is 6. The highest BCUT2D eigenvalue weighted by molar-refractivity contribution is 6.61. The van der Waals surface area contributed by atoms with Crippen LogP contribution >= 0.6 is 0 Å². The highest BCUT2D eigenvalue weighted by Crippen LogP contribution is 2.27. The molecule has 0 atom stereocenters. The highest BCUT2D eigenvalue weighted by atomic mass is 28.4. The molecule has 0 unspecified atom stereocenters. The zero-order valence-corrected chi connectivity index (χ0v) is 15.5. The molecule has 1 heterocycles. The van der Waals surface area contributed by atoms with Crippen molar-refractivity contribution < 1.29 is 8.85 Å². The molecule has 1 aliphatic heterocycles. The van der Waals surface area contributed by atoms with Crippen molar-refractivity contribution in [1.29, 1.82) is 0 Å². The standard InChI is InChI=1S/C19H26N2O2Si/c1-22-24(23-2)20(16-18-10-5-3-6-11-18)14-9-15-21(24)17-19-12-7-4-8-13-19/h3-8,10-13H,9,14-17H2,1-2H3. The summed E-state index contributed by atoms with van der Waals surface area (Å²) >= 11 is 0. The third-order valence-corrected chi connectivity index (χ3v) is 8.05. The van der Waals surface area contributed by atoms with Gasteiger partial charge in [0.2, 0.25) is 0 Å². The Balaban J connectivity index is 1.83. The van der Waals surface area contributed by atoms with Crippen molar-refractivity contribution in [1.82, 2.24) is 9.13 Å². The third-order valence-electron chi connectivity index (χ3n) is 4.62. The second kappa shape index (κ2) is 8.05. The molecule has 2 aromatic rings. The van der Waals surface area contributed by atoms with Crippen LogP contribution in [0.5, 0.6) is 0 Å². The third kappa shape index (κ3) is 3.60. The van der Waals surface area contributed by atoms with Crippen LogP contribution in [0.15, 0.2) is 60.7 Å². The van der Waals surface area contributed by atoms with Gasteiger partial charge in [0, 0.05) is 27.3 Å². The second-order valence-corrected chi connectivity index (χ2v) is 9.30. The largest absolute Gasteiger partial charge is 0.522 e. The lowest BCUT2D eigenvalue weighted by molar-refractivity contribution is 0.0639. The van der Waals surface area contributed by atoms with Crippen molar-refractivity contribution in [2.45, 2.75) is 19.5 Å². The van der Waals surface area contributed by atoms with Crippen LogP contribution in [0, 0.1) is 0 Å². The average Bonchev–Trinajstić information content (AvgIpc) is 2.64. The summed E-state index contributed by atoms with van der Waals surface area (Å²) in [5.74, 6) is 0.